The van der Waals surface area contributed by atoms with Crippen LogP contribution < -0.4 is 0 Å². The number of rotatable bonds is 6. The van der Waals surface area contributed by atoms with Crippen molar-refractivity contribution < 1.29 is 9.53 Å². The average Bonchev–Trinajstić information content (AvgIpc) is 2.09. The third-order valence-electron chi connectivity index (χ3n) is 1.49. The summed E-state index contributed by atoms with van der Waals surface area (Å²) in [6.07, 6.45) is 7.93. The van der Waals surface area contributed by atoms with E-state index in [1.165, 1.54) is 6.26 Å². The Labute approximate surface area is 74.6 Å². The van der Waals surface area contributed by atoms with Crippen molar-refractivity contribution in [3.63, 3.8) is 0 Å². The number of unbranched alkanes of at least 4 members (excludes halogenated alkanes) is 2. The largest absolute Gasteiger partial charge is 0.435 e. The van der Waals surface area contributed by atoms with Crippen LogP contribution in [0.4, 0.5) is 0 Å². The van der Waals surface area contributed by atoms with Gasteiger partial charge >= 0.3 is 5.97 Å². The molecule has 0 aromatic carbocycles. The normalized spacial score (nSPS) is 10.5. The number of esters is 1. The molecule has 12 heavy (non-hydrogen) atoms. The standard InChI is InChI=1S/C10H18O2/c1-3-5-7-9-12-10(11)8-6-4-2/h7,9H,3-6,8H2,1-2H3/b9-7+. The lowest BCUT2D eigenvalue weighted by molar-refractivity contribution is -0.138. The Balaban J connectivity index is 3.30. The fourth-order valence-electron chi connectivity index (χ4n) is 0.739. The molecule has 0 heterocycles. The number of allylic oxidation sites excluding steroid dienone is 1. The monoisotopic (exact) mass is 170 g/mol. The first kappa shape index (κ1) is 11.2. The van der Waals surface area contributed by atoms with E-state index in [-0.39, 0.29) is 5.97 Å². The fraction of sp³-hybridized carbons (Fsp3) is 0.700. The van der Waals surface area contributed by atoms with Crippen molar-refractivity contribution in [1.29, 1.82) is 0 Å². The average molecular weight is 170 g/mol. The van der Waals surface area contributed by atoms with Crippen LogP contribution in [0.1, 0.15) is 46.0 Å². The van der Waals surface area contributed by atoms with Crippen molar-refractivity contribution in [2.24, 2.45) is 0 Å². The molecule has 0 bridgehead atoms. The lowest BCUT2D eigenvalue weighted by Gasteiger charge is -1.96. The second-order valence-corrected chi connectivity index (χ2v) is 2.75. The van der Waals surface area contributed by atoms with Gasteiger partial charge in [-0.05, 0) is 18.9 Å². The maximum Gasteiger partial charge on any atom is 0.310 e. The number of hydrogen-bond acceptors (Lipinski definition) is 2. The molecular weight excluding hydrogens is 152 g/mol. The lowest BCUT2D eigenvalue weighted by Crippen LogP contribution is -1.98. The molecule has 0 fully saturated rings. The molecule has 0 atom stereocenters. The third-order valence-corrected chi connectivity index (χ3v) is 1.49. The topological polar surface area (TPSA) is 26.3 Å². The summed E-state index contributed by atoms with van der Waals surface area (Å²) in [5.41, 5.74) is 0. The molecule has 0 amide bonds. The van der Waals surface area contributed by atoms with Crippen molar-refractivity contribution in [3.8, 4) is 0 Å². The van der Waals surface area contributed by atoms with E-state index in [1.807, 2.05) is 6.08 Å². The Morgan fingerprint density at radius 1 is 1.33 bits per heavy atom. The van der Waals surface area contributed by atoms with Crippen LogP contribution in [0.5, 0.6) is 0 Å². The number of carbonyl (C=O) groups is 1. The second kappa shape index (κ2) is 8.31. The summed E-state index contributed by atoms with van der Waals surface area (Å²) < 4.78 is 4.83. The van der Waals surface area contributed by atoms with Crippen LogP contribution >= 0.6 is 0 Å². The van der Waals surface area contributed by atoms with Gasteiger partial charge in [0, 0.05) is 6.42 Å². The predicted molar refractivity (Wildman–Crippen MR) is 49.7 cm³/mol. The Morgan fingerprint density at radius 2 is 2.08 bits per heavy atom. The van der Waals surface area contributed by atoms with Gasteiger partial charge in [0.05, 0.1) is 6.26 Å². The molecule has 0 aliphatic heterocycles. The second-order valence-electron chi connectivity index (χ2n) is 2.75. The highest BCUT2D eigenvalue weighted by molar-refractivity contribution is 5.69. The molecule has 0 saturated heterocycles. The van der Waals surface area contributed by atoms with Crippen molar-refractivity contribution in [2.75, 3.05) is 0 Å². The van der Waals surface area contributed by atoms with Gasteiger partial charge in [0.15, 0.2) is 0 Å². The number of hydrogen-bond donors (Lipinski definition) is 0. The van der Waals surface area contributed by atoms with Gasteiger partial charge in [-0.3, -0.25) is 4.79 Å². The first-order valence-electron chi connectivity index (χ1n) is 4.65. The smallest absolute Gasteiger partial charge is 0.310 e. The van der Waals surface area contributed by atoms with Crippen LogP contribution in [0.3, 0.4) is 0 Å². The molecule has 0 aliphatic carbocycles. The van der Waals surface area contributed by atoms with Crippen LogP contribution in [-0.4, -0.2) is 5.97 Å². The summed E-state index contributed by atoms with van der Waals surface area (Å²) in [5.74, 6) is -0.121. The molecule has 70 valence electrons. The van der Waals surface area contributed by atoms with Crippen molar-refractivity contribution in [1.82, 2.24) is 0 Å². The molecule has 0 aliphatic rings. The van der Waals surface area contributed by atoms with Crippen LogP contribution in [0.25, 0.3) is 0 Å². The molecule has 0 N–H and O–H groups in total. The predicted octanol–water partition coefficient (Wildman–Crippen LogP) is 3.03. The maximum absolute atomic E-state index is 10.9. The first-order valence-corrected chi connectivity index (χ1v) is 4.65. The van der Waals surface area contributed by atoms with E-state index in [0.717, 1.165) is 25.7 Å². The molecule has 0 spiro atoms. The highest BCUT2D eigenvalue weighted by Gasteiger charge is 1.97. The Hall–Kier alpha value is -0.790. The molecule has 0 aromatic heterocycles. The maximum atomic E-state index is 10.9. The SMILES string of the molecule is CCC/C=C/OC(=O)CCCC. The number of ether oxygens (including phenoxy) is 1. The summed E-state index contributed by atoms with van der Waals surface area (Å²) in [6.45, 7) is 4.14. The Morgan fingerprint density at radius 3 is 2.67 bits per heavy atom. The van der Waals surface area contributed by atoms with Gasteiger partial charge in [0.1, 0.15) is 0 Å². The summed E-state index contributed by atoms with van der Waals surface area (Å²) in [5, 5.41) is 0. The van der Waals surface area contributed by atoms with Gasteiger partial charge in [-0.1, -0.05) is 26.7 Å². The minimum Gasteiger partial charge on any atom is -0.435 e. The van der Waals surface area contributed by atoms with E-state index in [9.17, 15) is 4.79 Å². The summed E-state index contributed by atoms with van der Waals surface area (Å²) in [6, 6.07) is 0. The minimum absolute atomic E-state index is 0.121. The van der Waals surface area contributed by atoms with Crippen molar-refractivity contribution in [3.05, 3.63) is 12.3 Å². The summed E-state index contributed by atoms with van der Waals surface area (Å²) in [7, 11) is 0. The van der Waals surface area contributed by atoms with Crippen LogP contribution in [0, 0.1) is 0 Å². The molecule has 0 radical (unpaired) electrons. The highest BCUT2D eigenvalue weighted by Crippen LogP contribution is 1.97. The van der Waals surface area contributed by atoms with Crippen molar-refractivity contribution >= 4 is 5.97 Å². The zero-order valence-corrected chi connectivity index (χ0v) is 8.01. The van der Waals surface area contributed by atoms with Gasteiger partial charge in [0.2, 0.25) is 0 Å². The zero-order chi connectivity index (χ0) is 9.23. The first-order chi connectivity index (χ1) is 5.81. The fourth-order valence-corrected chi connectivity index (χ4v) is 0.739. The van der Waals surface area contributed by atoms with Crippen LogP contribution in [0.2, 0.25) is 0 Å². The van der Waals surface area contributed by atoms with E-state index in [1.54, 1.807) is 0 Å². The van der Waals surface area contributed by atoms with Crippen LogP contribution in [0.15, 0.2) is 12.3 Å². The molecule has 2 nitrogen and oxygen atoms in total. The van der Waals surface area contributed by atoms with E-state index >= 15 is 0 Å². The van der Waals surface area contributed by atoms with Gasteiger partial charge in [-0.25, -0.2) is 0 Å². The Kier molecular flexibility index (Phi) is 7.76. The molecule has 0 unspecified atom stereocenters. The quantitative estimate of drug-likeness (QED) is 0.452. The van der Waals surface area contributed by atoms with E-state index in [4.69, 9.17) is 4.74 Å². The van der Waals surface area contributed by atoms with E-state index in [0.29, 0.717) is 6.42 Å². The third kappa shape index (κ3) is 7.32. The molecule has 0 aromatic rings. The van der Waals surface area contributed by atoms with E-state index in [2.05, 4.69) is 13.8 Å². The summed E-state index contributed by atoms with van der Waals surface area (Å²) in [4.78, 5) is 10.9. The zero-order valence-electron chi connectivity index (χ0n) is 8.01. The highest BCUT2D eigenvalue weighted by atomic mass is 16.5. The lowest BCUT2D eigenvalue weighted by atomic mass is 10.2. The number of carbonyl (C=O) groups excluding carboxylic acids is 1. The van der Waals surface area contributed by atoms with Gasteiger partial charge < -0.3 is 4.74 Å². The van der Waals surface area contributed by atoms with E-state index < -0.39 is 0 Å². The molecule has 0 saturated carbocycles. The van der Waals surface area contributed by atoms with Crippen molar-refractivity contribution in [2.45, 2.75) is 46.0 Å². The Bertz CT molecular complexity index is 139. The van der Waals surface area contributed by atoms with Gasteiger partial charge in [0.25, 0.3) is 0 Å². The van der Waals surface area contributed by atoms with Gasteiger partial charge in [-0.2, -0.15) is 0 Å². The molecule has 0 rings (SSSR count). The minimum atomic E-state index is -0.121. The molecule has 2 heteroatoms. The van der Waals surface area contributed by atoms with Crippen LogP contribution in [-0.2, 0) is 9.53 Å². The summed E-state index contributed by atoms with van der Waals surface area (Å²) >= 11 is 0. The molecular formula is C10H18O2. The van der Waals surface area contributed by atoms with Gasteiger partial charge in [-0.15, -0.1) is 0 Å².